The van der Waals surface area contributed by atoms with Gasteiger partial charge in [-0.3, -0.25) is 9.59 Å². The number of halogens is 3. The summed E-state index contributed by atoms with van der Waals surface area (Å²) in [6, 6.07) is 5.08. The number of amides is 1. The molecule has 0 bridgehead atoms. The Bertz CT molecular complexity index is 645. The summed E-state index contributed by atoms with van der Waals surface area (Å²) in [4.78, 5) is 25.1. The maximum atomic E-state index is 12.8. The molecule has 144 valence electrons. The molecule has 1 aliphatic rings. The minimum absolute atomic E-state index is 0.0811. The topological polar surface area (TPSA) is 57.6 Å². The summed E-state index contributed by atoms with van der Waals surface area (Å²) >= 11 is 0. The second-order valence-corrected chi connectivity index (χ2v) is 7.03. The Morgan fingerprint density at radius 3 is 2.73 bits per heavy atom. The maximum absolute atomic E-state index is 12.8. The minimum Gasteiger partial charge on any atom is -0.481 e. The van der Waals surface area contributed by atoms with Crippen molar-refractivity contribution in [3.8, 4) is 0 Å². The lowest BCUT2D eigenvalue weighted by Gasteiger charge is -2.34. The Morgan fingerprint density at radius 2 is 2.08 bits per heavy atom. The van der Waals surface area contributed by atoms with E-state index in [1.807, 2.05) is 0 Å². The quantitative estimate of drug-likeness (QED) is 0.823. The van der Waals surface area contributed by atoms with Crippen molar-refractivity contribution in [1.29, 1.82) is 0 Å². The molecule has 0 radical (unpaired) electrons. The Labute approximate surface area is 151 Å². The van der Waals surface area contributed by atoms with Crippen LogP contribution in [0, 0.1) is 11.8 Å². The molecule has 0 spiro atoms. The second kappa shape index (κ2) is 8.56. The van der Waals surface area contributed by atoms with E-state index >= 15 is 0 Å². The van der Waals surface area contributed by atoms with Gasteiger partial charge in [0.2, 0.25) is 5.91 Å². The van der Waals surface area contributed by atoms with Crippen LogP contribution in [-0.2, 0) is 22.2 Å². The van der Waals surface area contributed by atoms with Gasteiger partial charge in [-0.1, -0.05) is 25.1 Å². The first-order chi connectivity index (χ1) is 12.2. The summed E-state index contributed by atoms with van der Waals surface area (Å²) in [6.45, 7) is 2.87. The van der Waals surface area contributed by atoms with Gasteiger partial charge in [0.1, 0.15) is 0 Å². The van der Waals surface area contributed by atoms with Gasteiger partial charge in [-0.05, 0) is 43.2 Å². The van der Waals surface area contributed by atoms with Crippen molar-refractivity contribution in [2.75, 3.05) is 13.1 Å². The molecule has 1 fully saturated rings. The molecule has 1 aromatic carbocycles. The highest BCUT2D eigenvalue weighted by Crippen LogP contribution is 2.30. The van der Waals surface area contributed by atoms with Gasteiger partial charge in [0.05, 0.1) is 5.56 Å². The monoisotopic (exact) mass is 371 g/mol. The average Bonchev–Trinajstić information content (AvgIpc) is 2.59. The molecule has 2 rings (SSSR count). The van der Waals surface area contributed by atoms with Crippen LogP contribution < -0.4 is 0 Å². The molecule has 2 atom stereocenters. The lowest BCUT2D eigenvalue weighted by Crippen LogP contribution is -2.43. The second-order valence-electron chi connectivity index (χ2n) is 7.03. The summed E-state index contributed by atoms with van der Waals surface area (Å²) in [5.41, 5.74) is -0.221. The number of piperidine rings is 1. The van der Waals surface area contributed by atoms with Crippen LogP contribution in [0.1, 0.15) is 43.7 Å². The Kier molecular flexibility index (Phi) is 6.67. The molecule has 26 heavy (non-hydrogen) atoms. The molecule has 1 aliphatic heterocycles. The van der Waals surface area contributed by atoms with E-state index in [-0.39, 0.29) is 24.7 Å². The predicted octanol–water partition coefficient (Wildman–Crippen LogP) is 3.99. The average molecular weight is 371 g/mol. The highest BCUT2D eigenvalue weighted by atomic mass is 19.4. The van der Waals surface area contributed by atoms with E-state index in [1.165, 1.54) is 6.07 Å². The molecule has 1 saturated heterocycles. The van der Waals surface area contributed by atoms with Crippen LogP contribution in [0.25, 0.3) is 0 Å². The third kappa shape index (κ3) is 5.75. The molecular weight excluding hydrogens is 347 g/mol. The number of alkyl halides is 3. The van der Waals surface area contributed by atoms with E-state index in [9.17, 15) is 22.8 Å². The summed E-state index contributed by atoms with van der Waals surface area (Å²) in [5, 5.41) is 8.79. The Balaban J connectivity index is 1.95. The zero-order valence-electron chi connectivity index (χ0n) is 14.8. The van der Waals surface area contributed by atoms with Gasteiger partial charge in [0.25, 0.3) is 0 Å². The minimum atomic E-state index is -4.40. The number of carbonyl (C=O) groups is 2. The number of carbonyl (C=O) groups excluding carboxylic acids is 1. The number of nitrogens with zero attached hydrogens (tertiary/aromatic N) is 1. The van der Waals surface area contributed by atoms with Gasteiger partial charge in [0, 0.05) is 25.4 Å². The van der Waals surface area contributed by atoms with Crippen molar-refractivity contribution >= 4 is 11.9 Å². The van der Waals surface area contributed by atoms with Gasteiger partial charge in [-0.15, -0.1) is 0 Å². The standard InChI is InChI=1S/C19H24F3NO3/c1-13(10-15-4-2-6-16(11-15)19(20,21)22)18(26)23-9-3-5-14(12-23)7-8-17(24)25/h2,4,6,11,13-14H,3,5,7-10,12H2,1H3,(H,24,25)/t13-,14-/m1/s1. The van der Waals surface area contributed by atoms with Gasteiger partial charge in [-0.2, -0.15) is 13.2 Å². The van der Waals surface area contributed by atoms with E-state index in [1.54, 1.807) is 17.9 Å². The number of aliphatic carboxylic acids is 1. The largest absolute Gasteiger partial charge is 0.481 e. The number of hydrogen-bond acceptors (Lipinski definition) is 2. The van der Waals surface area contributed by atoms with E-state index in [0.717, 1.165) is 25.0 Å². The summed E-state index contributed by atoms with van der Waals surface area (Å²) in [7, 11) is 0. The van der Waals surface area contributed by atoms with E-state index in [2.05, 4.69) is 0 Å². The molecule has 0 aliphatic carbocycles. The highest BCUT2D eigenvalue weighted by molar-refractivity contribution is 5.79. The normalized spacial score (nSPS) is 19.2. The van der Waals surface area contributed by atoms with Crippen molar-refractivity contribution in [1.82, 2.24) is 4.90 Å². The van der Waals surface area contributed by atoms with Crippen molar-refractivity contribution in [3.63, 3.8) is 0 Å². The number of carboxylic acids is 1. The molecule has 1 heterocycles. The molecule has 1 aromatic rings. The van der Waals surface area contributed by atoms with Crippen LogP contribution in [0.5, 0.6) is 0 Å². The first-order valence-electron chi connectivity index (χ1n) is 8.83. The molecule has 4 nitrogen and oxygen atoms in total. The van der Waals surface area contributed by atoms with Crippen LogP contribution in [0.2, 0.25) is 0 Å². The zero-order chi connectivity index (χ0) is 19.3. The van der Waals surface area contributed by atoms with Crippen molar-refractivity contribution in [3.05, 3.63) is 35.4 Å². The van der Waals surface area contributed by atoms with Crippen LogP contribution >= 0.6 is 0 Å². The lowest BCUT2D eigenvalue weighted by atomic mass is 9.91. The molecule has 0 unspecified atom stereocenters. The molecule has 0 aromatic heterocycles. The van der Waals surface area contributed by atoms with E-state index < -0.39 is 23.6 Å². The van der Waals surface area contributed by atoms with Gasteiger partial charge >= 0.3 is 12.1 Å². The van der Waals surface area contributed by atoms with Crippen molar-refractivity contribution < 1.29 is 27.9 Å². The number of carboxylic acid groups (broad SMARTS) is 1. The van der Waals surface area contributed by atoms with Gasteiger partial charge < -0.3 is 10.0 Å². The molecule has 1 N–H and O–H groups in total. The lowest BCUT2D eigenvalue weighted by molar-refractivity contribution is -0.138. The van der Waals surface area contributed by atoms with Gasteiger partial charge in [0.15, 0.2) is 0 Å². The fourth-order valence-corrected chi connectivity index (χ4v) is 3.46. The van der Waals surface area contributed by atoms with Gasteiger partial charge in [-0.25, -0.2) is 0 Å². The van der Waals surface area contributed by atoms with Crippen molar-refractivity contribution in [2.24, 2.45) is 11.8 Å². The first-order valence-corrected chi connectivity index (χ1v) is 8.83. The number of rotatable bonds is 6. The van der Waals surface area contributed by atoms with E-state index in [0.29, 0.717) is 25.1 Å². The molecule has 0 saturated carbocycles. The fourth-order valence-electron chi connectivity index (χ4n) is 3.46. The van der Waals surface area contributed by atoms with Crippen LogP contribution in [0.15, 0.2) is 24.3 Å². The third-order valence-electron chi connectivity index (χ3n) is 4.81. The predicted molar refractivity (Wildman–Crippen MR) is 90.5 cm³/mol. The molecule has 7 heteroatoms. The SMILES string of the molecule is C[C@H](Cc1cccc(C(F)(F)F)c1)C(=O)N1CCC[C@H](CCC(=O)O)C1. The number of benzene rings is 1. The van der Waals surface area contributed by atoms with Crippen LogP contribution in [-0.4, -0.2) is 35.0 Å². The number of hydrogen-bond donors (Lipinski definition) is 1. The molecular formula is C19H24F3NO3. The molecule has 1 amide bonds. The highest BCUT2D eigenvalue weighted by Gasteiger charge is 2.31. The zero-order valence-corrected chi connectivity index (χ0v) is 14.8. The first kappa shape index (κ1) is 20.3. The van der Waals surface area contributed by atoms with Crippen LogP contribution in [0.4, 0.5) is 13.2 Å². The maximum Gasteiger partial charge on any atom is 0.416 e. The summed E-state index contributed by atoms with van der Waals surface area (Å²) < 4.78 is 38.4. The number of likely N-dealkylation sites (tertiary alicyclic amines) is 1. The van der Waals surface area contributed by atoms with E-state index in [4.69, 9.17) is 5.11 Å². The Morgan fingerprint density at radius 1 is 1.35 bits per heavy atom. The summed E-state index contributed by atoms with van der Waals surface area (Å²) in [6.07, 6.45) is -1.79. The Hall–Kier alpha value is -2.05. The fraction of sp³-hybridized carbons (Fsp3) is 0.579. The van der Waals surface area contributed by atoms with Crippen molar-refractivity contribution in [2.45, 2.75) is 45.2 Å². The third-order valence-corrected chi connectivity index (χ3v) is 4.81. The smallest absolute Gasteiger partial charge is 0.416 e. The summed E-state index contributed by atoms with van der Waals surface area (Å²) in [5.74, 6) is -1.17. The van der Waals surface area contributed by atoms with Crippen LogP contribution in [0.3, 0.4) is 0 Å².